The Balaban J connectivity index is 3.06. The number of aryl methyl sites for hydroxylation is 2. The second-order valence-corrected chi connectivity index (χ2v) is 4.05. The van der Waals surface area contributed by atoms with Crippen LogP contribution in [0.25, 0.3) is 0 Å². The average Bonchev–Trinajstić information content (AvgIpc) is 2.18. The van der Waals surface area contributed by atoms with E-state index in [0.717, 1.165) is 17.5 Å². The summed E-state index contributed by atoms with van der Waals surface area (Å²) in [6.07, 6.45) is 3.58. The maximum absolute atomic E-state index is 9.74. The van der Waals surface area contributed by atoms with E-state index in [0.29, 0.717) is 5.75 Å². The monoisotopic (exact) mass is 192 g/mol. The third kappa shape index (κ3) is 2.09. The number of phenols is 1. The lowest BCUT2D eigenvalue weighted by molar-refractivity contribution is 0.466. The molecule has 1 aromatic carbocycles. The lowest BCUT2D eigenvalue weighted by atomic mass is 9.95. The van der Waals surface area contributed by atoms with Crippen molar-refractivity contribution >= 4 is 0 Å². The molecule has 1 rings (SSSR count). The Morgan fingerprint density at radius 1 is 1.14 bits per heavy atom. The molecule has 0 aliphatic rings. The van der Waals surface area contributed by atoms with E-state index in [1.807, 2.05) is 13.8 Å². The van der Waals surface area contributed by atoms with Crippen LogP contribution in [0.3, 0.4) is 0 Å². The SMILES string of the molecule is CCCCc1cc(C)c(O)c(C)c1C. The minimum atomic E-state index is 0.461. The molecule has 14 heavy (non-hydrogen) atoms. The molecule has 0 aromatic heterocycles. The van der Waals surface area contributed by atoms with E-state index in [1.54, 1.807) is 0 Å². The number of benzene rings is 1. The van der Waals surface area contributed by atoms with Crippen LogP contribution in [0.15, 0.2) is 6.07 Å². The zero-order valence-electron chi connectivity index (χ0n) is 9.65. The summed E-state index contributed by atoms with van der Waals surface area (Å²) < 4.78 is 0. The molecule has 0 aliphatic heterocycles. The molecule has 1 nitrogen and oxygen atoms in total. The van der Waals surface area contributed by atoms with Crippen molar-refractivity contribution < 1.29 is 5.11 Å². The topological polar surface area (TPSA) is 20.2 Å². The number of unbranched alkanes of at least 4 members (excludes halogenated alkanes) is 1. The van der Waals surface area contributed by atoms with Gasteiger partial charge in [0.1, 0.15) is 5.75 Å². The van der Waals surface area contributed by atoms with Gasteiger partial charge in [0, 0.05) is 0 Å². The molecular formula is C13H20O. The summed E-state index contributed by atoms with van der Waals surface area (Å²) in [6.45, 7) is 8.26. The Bertz CT molecular complexity index is 326. The lowest BCUT2D eigenvalue weighted by Crippen LogP contribution is -1.95. The Morgan fingerprint density at radius 3 is 2.36 bits per heavy atom. The van der Waals surface area contributed by atoms with Gasteiger partial charge in [-0.2, -0.15) is 0 Å². The highest BCUT2D eigenvalue weighted by atomic mass is 16.3. The van der Waals surface area contributed by atoms with Crippen molar-refractivity contribution in [1.82, 2.24) is 0 Å². The van der Waals surface area contributed by atoms with Crippen LogP contribution in [-0.4, -0.2) is 5.11 Å². The van der Waals surface area contributed by atoms with Gasteiger partial charge in [0.2, 0.25) is 0 Å². The third-order valence-electron chi connectivity index (χ3n) is 2.96. The highest BCUT2D eigenvalue weighted by molar-refractivity contribution is 5.48. The van der Waals surface area contributed by atoms with Gasteiger partial charge in [-0.3, -0.25) is 0 Å². The molecule has 0 spiro atoms. The predicted molar refractivity (Wildman–Crippen MR) is 60.9 cm³/mol. The Hall–Kier alpha value is -0.980. The smallest absolute Gasteiger partial charge is 0.121 e. The van der Waals surface area contributed by atoms with Crippen LogP contribution in [0.5, 0.6) is 5.75 Å². The van der Waals surface area contributed by atoms with Gasteiger partial charge in [-0.25, -0.2) is 0 Å². The first-order valence-electron chi connectivity index (χ1n) is 5.36. The van der Waals surface area contributed by atoms with Crippen LogP contribution in [0.2, 0.25) is 0 Å². The number of rotatable bonds is 3. The largest absolute Gasteiger partial charge is 0.507 e. The van der Waals surface area contributed by atoms with E-state index in [9.17, 15) is 5.11 Å². The molecule has 0 saturated carbocycles. The van der Waals surface area contributed by atoms with Gasteiger partial charge in [-0.05, 0) is 55.9 Å². The fraction of sp³-hybridized carbons (Fsp3) is 0.538. The Kier molecular flexibility index (Phi) is 3.56. The van der Waals surface area contributed by atoms with E-state index < -0.39 is 0 Å². The number of phenolic OH excluding ortho intramolecular Hbond substituents is 1. The van der Waals surface area contributed by atoms with E-state index in [4.69, 9.17) is 0 Å². The fourth-order valence-electron chi connectivity index (χ4n) is 1.78. The van der Waals surface area contributed by atoms with Gasteiger partial charge in [-0.1, -0.05) is 19.4 Å². The maximum Gasteiger partial charge on any atom is 0.121 e. The Morgan fingerprint density at radius 2 is 1.79 bits per heavy atom. The molecule has 0 aliphatic carbocycles. The lowest BCUT2D eigenvalue weighted by Gasteiger charge is -2.12. The molecule has 1 aromatic rings. The second-order valence-electron chi connectivity index (χ2n) is 4.05. The Labute approximate surface area is 86.8 Å². The molecule has 0 amide bonds. The normalized spacial score (nSPS) is 10.6. The van der Waals surface area contributed by atoms with Crippen molar-refractivity contribution in [3.05, 3.63) is 28.3 Å². The van der Waals surface area contributed by atoms with Crippen LogP contribution in [0.4, 0.5) is 0 Å². The summed E-state index contributed by atoms with van der Waals surface area (Å²) in [7, 11) is 0. The average molecular weight is 192 g/mol. The van der Waals surface area contributed by atoms with Crippen LogP contribution in [0, 0.1) is 20.8 Å². The van der Waals surface area contributed by atoms with Crippen molar-refractivity contribution in [3.63, 3.8) is 0 Å². The standard InChI is InChI=1S/C13H20O/c1-5-6-7-12-8-9(2)13(14)11(4)10(12)3/h8,14H,5-7H2,1-4H3. The zero-order valence-corrected chi connectivity index (χ0v) is 9.65. The van der Waals surface area contributed by atoms with Gasteiger partial charge in [0.15, 0.2) is 0 Å². The zero-order chi connectivity index (χ0) is 10.7. The van der Waals surface area contributed by atoms with Crippen molar-refractivity contribution in [3.8, 4) is 5.75 Å². The van der Waals surface area contributed by atoms with E-state index >= 15 is 0 Å². The molecule has 78 valence electrons. The molecule has 0 unspecified atom stereocenters. The van der Waals surface area contributed by atoms with Gasteiger partial charge < -0.3 is 5.11 Å². The van der Waals surface area contributed by atoms with Gasteiger partial charge in [-0.15, -0.1) is 0 Å². The van der Waals surface area contributed by atoms with Gasteiger partial charge in [0.05, 0.1) is 0 Å². The van der Waals surface area contributed by atoms with Crippen LogP contribution in [-0.2, 0) is 6.42 Å². The molecule has 0 radical (unpaired) electrons. The summed E-state index contributed by atoms with van der Waals surface area (Å²) in [5.41, 5.74) is 4.68. The van der Waals surface area contributed by atoms with Crippen LogP contribution < -0.4 is 0 Å². The highest BCUT2D eigenvalue weighted by Crippen LogP contribution is 2.28. The first kappa shape index (κ1) is 11.1. The number of hydrogen-bond acceptors (Lipinski definition) is 1. The molecule has 0 heterocycles. The summed E-state index contributed by atoms with van der Waals surface area (Å²) in [5.74, 6) is 0.461. The number of hydrogen-bond donors (Lipinski definition) is 1. The predicted octanol–water partition coefficient (Wildman–Crippen LogP) is 3.66. The van der Waals surface area contributed by atoms with Crippen molar-refractivity contribution in [2.75, 3.05) is 0 Å². The first-order chi connectivity index (χ1) is 6.57. The second kappa shape index (κ2) is 4.50. The highest BCUT2D eigenvalue weighted by Gasteiger charge is 2.08. The summed E-state index contributed by atoms with van der Waals surface area (Å²) in [4.78, 5) is 0. The minimum Gasteiger partial charge on any atom is -0.507 e. The van der Waals surface area contributed by atoms with Gasteiger partial charge in [0.25, 0.3) is 0 Å². The molecule has 1 N–H and O–H groups in total. The summed E-state index contributed by atoms with van der Waals surface area (Å²) >= 11 is 0. The van der Waals surface area contributed by atoms with Crippen LogP contribution >= 0.6 is 0 Å². The van der Waals surface area contributed by atoms with Crippen LogP contribution in [0.1, 0.15) is 42.0 Å². The van der Waals surface area contributed by atoms with Crippen molar-refractivity contribution in [2.45, 2.75) is 47.0 Å². The first-order valence-corrected chi connectivity index (χ1v) is 5.36. The number of aromatic hydroxyl groups is 1. The quantitative estimate of drug-likeness (QED) is 0.775. The molecular weight excluding hydrogens is 172 g/mol. The minimum absolute atomic E-state index is 0.461. The van der Waals surface area contributed by atoms with E-state index in [1.165, 1.54) is 24.0 Å². The van der Waals surface area contributed by atoms with E-state index in [-0.39, 0.29) is 0 Å². The molecule has 1 heteroatoms. The molecule has 0 bridgehead atoms. The van der Waals surface area contributed by atoms with Crippen molar-refractivity contribution in [1.29, 1.82) is 0 Å². The third-order valence-corrected chi connectivity index (χ3v) is 2.96. The summed E-state index contributed by atoms with van der Waals surface area (Å²) in [5, 5.41) is 9.74. The maximum atomic E-state index is 9.74. The molecule has 0 fully saturated rings. The fourth-order valence-corrected chi connectivity index (χ4v) is 1.78. The van der Waals surface area contributed by atoms with Crippen molar-refractivity contribution in [2.24, 2.45) is 0 Å². The molecule has 0 atom stereocenters. The van der Waals surface area contributed by atoms with Gasteiger partial charge >= 0.3 is 0 Å². The molecule has 0 saturated heterocycles. The van der Waals surface area contributed by atoms with E-state index in [2.05, 4.69) is 19.9 Å². The summed E-state index contributed by atoms with van der Waals surface area (Å²) in [6, 6.07) is 2.12.